The van der Waals surface area contributed by atoms with Gasteiger partial charge in [-0.3, -0.25) is 15.0 Å². The second-order valence-electron chi connectivity index (χ2n) is 6.67. The first-order valence-electron chi connectivity index (χ1n) is 7.79. The normalized spacial score (nSPS) is 26.6. The van der Waals surface area contributed by atoms with Gasteiger partial charge in [-0.05, 0) is 45.8 Å². The molecule has 0 saturated carbocycles. The van der Waals surface area contributed by atoms with E-state index in [0.717, 1.165) is 31.5 Å². The smallest absolute Gasteiger partial charge is 0.270 e. The number of ether oxygens (including phenoxy) is 1. The number of aliphatic hydroxyl groups is 1. The Bertz CT molecular complexity index is 587. The Morgan fingerprint density at radius 2 is 1.96 bits per heavy atom. The maximum Gasteiger partial charge on any atom is 0.270 e. The third kappa shape index (κ3) is 3.29. The summed E-state index contributed by atoms with van der Waals surface area (Å²) in [4.78, 5) is 12.9. The Morgan fingerprint density at radius 1 is 1.30 bits per heavy atom. The fraction of sp³-hybridized carbons (Fsp3) is 0.625. The van der Waals surface area contributed by atoms with Crippen molar-refractivity contribution in [2.75, 3.05) is 13.1 Å². The summed E-state index contributed by atoms with van der Waals surface area (Å²) in [7, 11) is 0. The number of aliphatic hydroxyl groups excluding tert-OH is 1. The van der Waals surface area contributed by atoms with Gasteiger partial charge in [0.05, 0.1) is 11.0 Å². The van der Waals surface area contributed by atoms with Crippen molar-refractivity contribution in [3.8, 4) is 5.75 Å². The lowest BCUT2D eigenvalue weighted by Crippen LogP contribution is -2.54. The molecular formula is C16H23ClN2O4. The Kier molecular flexibility index (Phi) is 5.18. The highest BCUT2D eigenvalue weighted by Gasteiger charge is 2.46. The van der Waals surface area contributed by atoms with Gasteiger partial charge in [0.15, 0.2) is 0 Å². The van der Waals surface area contributed by atoms with Crippen molar-refractivity contribution in [1.82, 2.24) is 4.90 Å². The fourth-order valence-corrected chi connectivity index (χ4v) is 3.46. The topological polar surface area (TPSA) is 75.8 Å². The number of nitrogens with zero attached hydrogens (tertiary/aromatic N) is 2. The Balaban J connectivity index is 0.00000192. The van der Waals surface area contributed by atoms with Gasteiger partial charge in [-0.15, -0.1) is 12.4 Å². The number of likely N-dealkylation sites (tertiary alicyclic amines) is 1. The van der Waals surface area contributed by atoms with Crippen LogP contribution in [0.15, 0.2) is 18.2 Å². The number of benzene rings is 1. The van der Waals surface area contributed by atoms with Gasteiger partial charge >= 0.3 is 0 Å². The Morgan fingerprint density at radius 3 is 2.57 bits per heavy atom. The predicted octanol–water partition coefficient (Wildman–Crippen LogP) is 3.08. The van der Waals surface area contributed by atoms with E-state index in [-0.39, 0.29) is 24.1 Å². The monoisotopic (exact) mass is 342 g/mol. The summed E-state index contributed by atoms with van der Waals surface area (Å²) in [5.74, 6) is 0.636. The molecule has 1 saturated heterocycles. The van der Waals surface area contributed by atoms with Crippen molar-refractivity contribution in [2.24, 2.45) is 0 Å². The molecule has 0 unspecified atom stereocenters. The van der Waals surface area contributed by atoms with Crippen LogP contribution in [-0.2, 0) is 0 Å². The largest absolute Gasteiger partial charge is 0.485 e. The van der Waals surface area contributed by atoms with Crippen molar-refractivity contribution in [3.05, 3.63) is 33.9 Å². The molecule has 6 nitrogen and oxygen atoms in total. The van der Waals surface area contributed by atoms with E-state index in [4.69, 9.17) is 4.74 Å². The number of non-ortho nitro benzene ring substituents is 1. The fourth-order valence-electron chi connectivity index (χ4n) is 3.46. The van der Waals surface area contributed by atoms with Crippen LogP contribution < -0.4 is 4.74 Å². The number of fused-ring (bicyclic) bond motifs is 1. The highest BCUT2D eigenvalue weighted by molar-refractivity contribution is 5.85. The van der Waals surface area contributed by atoms with Crippen LogP contribution in [0.2, 0.25) is 0 Å². The molecule has 0 amide bonds. The van der Waals surface area contributed by atoms with E-state index in [9.17, 15) is 15.2 Å². The second kappa shape index (κ2) is 6.63. The molecule has 1 aromatic carbocycles. The molecule has 2 aliphatic rings. The van der Waals surface area contributed by atoms with Crippen LogP contribution in [0, 0.1) is 10.1 Å². The number of nitro groups is 1. The minimum absolute atomic E-state index is 0. The Labute approximate surface area is 142 Å². The number of halogens is 1. The van der Waals surface area contributed by atoms with Crippen molar-refractivity contribution in [3.63, 3.8) is 0 Å². The average Bonchev–Trinajstić information content (AvgIpc) is 2.48. The molecule has 0 spiro atoms. The molecule has 1 fully saturated rings. The number of hydrogen-bond acceptors (Lipinski definition) is 5. The van der Waals surface area contributed by atoms with Crippen LogP contribution in [0.1, 0.15) is 44.7 Å². The zero-order valence-electron chi connectivity index (χ0n) is 13.4. The van der Waals surface area contributed by atoms with Gasteiger partial charge < -0.3 is 9.84 Å². The van der Waals surface area contributed by atoms with E-state index in [0.29, 0.717) is 5.75 Å². The summed E-state index contributed by atoms with van der Waals surface area (Å²) < 4.78 is 5.89. The second-order valence-corrected chi connectivity index (χ2v) is 6.67. The minimum atomic E-state index is -0.722. The molecular weight excluding hydrogens is 320 g/mol. The number of nitro benzene ring substituents is 1. The standard InChI is InChI=1S/C16H22N2O4.ClH/c1-16(2)15(19)14(17-8-4-3-5-9-17)12-10-11(18(20)21)6-7-13(12)22-16;/h6-7,10,14-15,19H,3-5,8-9H2,1-2H3;1H/t14-,15+;/m1./s1. The van der Waals surface area contributed by atoms with E-state index >= 15 is 0 Å². The zero-order chi connectivity index (χ0) is 15.9. The van der Waals surface area contributed by atoms with Gasteiger partial charge in [0, 0.05) is 17.7 Å². The van der Waals surface area contributed by atoms with Crippen LogP contribution in [0.3, 0.4) is 0 Å². The van der Waals surface area contributed by atoms with Crippen LogP contribution in [-0.4, -0.2) is 39.7 Å². The SMILES string of the molecule is CC1(C)Oc2ccc([N+](=O)[O-])cc2[C@@H](N2CCCCC2)[C@@H]1O.Cl. The van der Waals surface area contributed by atoms with Crippen LogP contribution >= 0.6 is 12.4 Å². The zero-order valence-corrected chi connectivity index (χ0v) is 14.2. The predicted molar refractivity (Wildman–Crippen MR) is 89.2 cm³/mol. The first kappa shape index (κ1) is 18.0. The number of piperidine rings is 1. The van der Waals surface area contributed by atoms with Crippen molar-refractivity contribution in [1.29, 1.82) is 0 Å². The van der Waals surface area contributed by atoms with Gasteiger partial charge in [-0.25, -0.2) is 0 Å². The molecule has 2 heterocycles. The van der Waals surface area contributed by atoms with Gasteiger partial charge in [-0.1, -0.05) is 6.42 Å². The Hall–Kier alpha value is -1.37. The van der Waals surface area contributed by atoms with Crippen molar-refractivity contribution < 1.29 is 14.8 Å². The van der Waals surface area contributed by atoms with Gasteiger partial charge in [-0.2, -0.15) is 0 Å². The molecule has 0 radical (unpaired) electrons. The maximum absolute atomic E-state index is 11.1. The van der Waals surface area contributed by atoms with Crippen molar-refractivity contribution in [2.45, 2.75) is 50.9 Å². The molecule has 128 valence electrons. The van der Waals surface area contributed by atoms with E-state index < -0.39 is 16.6 Å². The highest BCUT2D eigenvalue weighted by atomic mass is 35.5. The molecule has 7 heteroatoms. The minimum Gasteiger partial charge on any atom is -0.485 e. The lowest BCUT2D eigenvalue weighted by atomic mass is 9.84. The molecule has 1 N–H and O–H groups in total. The van der Waals surface area contributed by atoms with E-state index in [1.165, 1.54) is 12.5 Å². The first-order valence-corrected chi connectivity index (χ1v) is 7.79. The van der Waals surface area contributed by atoms with E-state index in [1.54, 1.807) is 12.1 Å². The summed E-state index contributed by atoms with van der Waals surface area (Å²) in [6, 6.07) is 4.41. The van der Waals surface area contributed by atoms with Gasteiger partial charge in [0.1, 0.15) is 17.5 Å². The van der Waals surface area contributed by atoms with Gasteiger partial charge in [0.2, 0.25) is 0 Å². The summed E-state index contributed by atoms with van der Waals surface area (Å²) in [6.45, 7) is 5.53. The molecule has 0 aliphatic carbocycles. The molecule has 23 heavy (non-hydrogen) atoms. The number of hydrogen-bond donors (Lipinski definition) is 1. The quantitative estimate of drug-likeness (QED) is 0.660. The van der Waals surface area contributed by atoms with Crippen LogP contribution in [0.4, 0.5) is 5.69 Å². The molecule has 2 atom stereocenters. The first-order chi connectivity index (χ1) is 10.4. The van der Waals surface area contributed by atoms with Crippen molar-refractivity contribution >= 4 is 18.1 Å². The highest BCUT2D eigenvalue weighted by Crippen LogP contribution is 2.44. The molecule has 1 aromatic rings. The van der Waals surface area contributed by atoms with Crippen LogP contribution in [0.25, 0.3) is 0 Å². The van der Waals surface area contributed by atoms with Crippen LogP contribution in [0.5, 0.6) is 5.75 Å². The van der Waals surface area contributed by atoms with Gasteiger partial charge in [0.25, 0.3) is 5.69 Å². The molecule has 3 rings (SSSR count). The lowest BCUT2D eigenvalue weighted by molar-refractivity contribution is -0.385. The maximum atomic E-state index is 11.1. The molecule has 0 bridgehead atoms. The average molecular weight is 343 g/mol. The summed E-state index contributed by atoms with van der Waals surface area (Å²) in [6.07, 6.45) is 2.66. The van der Waals surface area contributed by atoms with E-state index in [2.05, 4.69) is 4.90 Å². The third-order valence-corrected chi connectivity index (χ3v) is 4.69. The third-order valence-electron chi connectivity index (χ3n) is 4.69. The molecule has 0 aromatic heterocycles. The summed E-state index contributed by atoms with van der Waals surface area (Å²) >= 11 is 0. The lowest BCUT2D eigenvalue weighted by Gasteiger charge is -2.47. The number of rotatable bonds is 2. The summed E-state index contributed by atoms with van der Waals surface area (Å²) in [5.41, 5.74) is 0.0461. The molecule has 2 aliphatic heterocycles. The van der Waals surface area contributed by atoms with E-state index in [1.807, 2.05) is 13.8 Å². The summed E-state index contributed by atoms with van der Waals surface area (Å²) in [5, 5.41) is 21.9.